The van der Waals surface area contributed by atoms with Crippen molar-refractivity contribution in [3.8, 4) is 44.8 Å². The molecule has 0 fully saturated rings. The lowest BCUT2D eigenvalue weighted by atomic mass is 9.99. The molecule has 2 nitrogen and oxygen atoms in total. The molecule has 0 aliphatic rings. The Hall–Kier alpha value is -6.64. The van der Waals surface area contributed by atoms with E-state index < -0.39 is 0 Å². The number of aromatic nitrogens is 2. The third kappa shape index (κ3) is 4.50. The molecule has 0 spiro atoms. The van der Waals surface area contributed by atoms with Crippen LogP contribution in [0.4, 0.5) is 0 Å². The zero-order valence-corrected chi connectivity index (χ0v) is 27.1. The number of fused-ring (bicyclic) bond motifs is 6. The van der Waals surface area contributed by atoms with Crippen molar-refractivity contribution in [3.05, 3.63) is 194 Å². The molecule has 10 aromatic rings. The molecule has 0 amide bonds. The standard InChI is InChI=1S/C48H32N2/c1-4-13-33(14-5-1)34-23-27-39(28-24-34)49-45-22-11-10-19-41(45)43-31-36(25-29-46(43)49)37-26-30-47-44(32-37)42-21-12-20-40(35-15-6-2-7-16-35)48(42)50(47)38-17-8-3-9-18-38/h1-32H/i25D,29D,31D. The topological polar surface area (TPSA) is 9.86 Å². The predicted octanol–water partition coefficient (Wildman–Crippen LogP) is 12.9. The first-order valence-electron chi connectivity index (χ1n) is 18.5. The number of para-hydroxylation sites is 3. The Morgan fingerprint density at radius 1 is 0.340 bits per heavy atom. The molecule has 0 unspecified atom stereocenters. The van der Waals surface area contributed by atoms with E-state index in [9.17, 15) is 4.11 Å². The Kier molecular flexibility index (Phi) is 5.84. The van der Waals surface area contributed by atoms with Crippen LogP contribution in [-0.2, 0) is 0 Å². The van der Waals surface area contributed by atoms with Gasteiger partial charge in [0.05, 0.1) is 26.2 Å². The molecule has 0 atom stereocenters. The van der Waals surface area contributed by atoms with Crippen molar-refractivity contribution in [3.63, 3.8) is 0 Å². The highest BCUT2D eigenvalue weighted by molar-refractivity contribution is 6.15. The number of benzene rings is 8. The van der Waals surface area contributed by atoms with E-state index in [2.05, 4.69) is 120 Å². The van der Waals surface area contributed by atoms with Crippen LogP contribution in [0.25, 0.3) is 88.4 Å². The zero-order valence-electron chi connectivity index (χ0n) is 30.1. The summed E-state index contributed by atoms with van der Waals surface area (Å²) in [6.45, 7) is 0. The second-order valence-electron chi connectivity index (χ2n) is 12.7. The van der Waals surface area contributed by atoms with Crippen molar-refractivity contribution in [2.45, 2.75) is 0 Å². The van der Waals surface area contributed by atoms with Gasteiger partial charge in [0.25, 0.3) is 0 Å². The Morgan fingerprint density at radius 2 is 0.940 bits per heavy atom. The monoisotopic (exact) mass is 639 g/mol. The molecule has 0 aliphatic carbocycles. The predicted molar refractivity (Wildman–Crippen MR) is 211 cm³/mol. The highest BCUT2D eigenvalue weighted by Crippen LogP contribution is 2.41. The lowest BCUT2D eigenvalue weighted by Gasteiger charge is -2.12. The molecule has 2 heterocycles. The highest BCUT2D eigenvalue weighted by Gasteiger charge is 2.18. The molecule has 0 aliphatic heterocycles. The lowest BCUT2D eigenvalue weighted by Crippen LogP contribution is -1.95. The summed E-state index contributed by atoms with van der Waals surface area (Å²) < 4.78 is 33.1. The van der Waals surface area contributed by atoms with Crippen molar-refractivity contribution in [1.29, 1.82) is 0 Å². The summed E-state index contributed by atoms with van der Waals surface area (Å²) in [6, 6.07) is 60.6. The fraction of sp³-hybridized carbons (Fsp3) is 0. The molecule has 2 heteroatoms. The van der Waals surface area contributed by atoms with Crippen molar-refractivity contribution in [2.24, 2.45) is 0 Å². The van der Waals surface area contributed by atoms with Crippen LogP contribution in [0.2, 0.25) is 0 Å². The number of hydrogen-bond acceptors (Lipinski definition) is 0. The van der Waals surface area contributed by atoms with Crippen LogP contribution in [-0.4, -0.2) is 9.13 Å². The van der Waals surface area contributed by atoms with Crippen LogP contribution in [0.1, 0.15) is 4.11 Å². The Bertz CT molecular complexity index is 3000. The third-order valence-corrected chi connectivity index (χ3v) is 9.84. The third-order valence-electron chi connectivity index (χ3n) is 9.84. The Balaban J connectivity index is 1.22. The van der Waals surface area contributed by atoms with Crippen LogP contribution in [0.5, 0.6) is 0 Å². The van der Waals surface area contributed by atoms with E-state index in [4.69, 9.17) is 0 Å². The van der Waals surface area contributed by atoms with Gasteiger partial charge in [0, 0.05) is 38.5 Å². The second-order valence-corrected chi connectivity index (χ2v) is 12.7. The lowest BCUT2D eigenvalue weighted by molar-refractivity contribution is 1.18. The van der Waals surface area contributed by atoms with Crippen LogP contribution >= 0.6 is 0 Å². The van der Waals surface area contributed by atoms with E-state index in [1.54, 1.807) is 0 Å². The van der Waals surface area contributed by atoms with Gasteiger partial charge in [-0.1, -0.05) is 140 Å². The molecule has 0 N–H and O–H groups in total. The van der Waals surface area contributed by atoms with Gasteiger partial charge in [0.15, 0.2) is 0 Å². The normalized spacial score (nSPS) is 12.4. The second kappa shape index (κ2) is 11.5. The maximum atomic E-state index is 9.75. The van der Waals surface area contributed by atoms with Gasteiger partial charge in [-0.05, 0) is 82.4 Å². The van der Waals surface area contributed by atoms with Gasteiger partial charge >= 0.3 is 0 Å². The summed E-state index contributed by atoms with van der Waals surface area (Å²) in [5.74, 6) is 0. The van der Waals surface area contributed by atoms with Crippen molar-refractivity contribution in [1.82, 2.24) is 9.13 Å². The average Bonchev–Trinajstić information content (AvgIpc) is 3.75. The first kappa shape index (κ1) is 25.4. The van der Waals surface area contributed by atoms with Gasteiger partial charge in [-0.2, -0.15) is 0 Å². The minimum atomic E-state index is 0.0450. The average molecular weight is 640 g/mol. The quantitative estimate of drug-likeness (QED) is 0.177. The summed E-state index contributed by atoms with van der Waals surface area (Å²) >= 11 is 0. The molecule has 0 saturated heterocycles. The minimum Gasteiger partial charge on any atom is -0.309 e. The number of nitrogens with zero attached hydrogens (tertiary/aromatic N) is 2. The molecule has 2 aromatic heterocycles. The molecule has 0 bridgehead atoms. The van der Waals surface area contributed by atoms with E-state index >= 15 is 0 Å². The van der Waals surface area contributed by atoms with Crippen LogP contribution in [0, 0.1) is 0 Å². The van der Waals surface area contributed by atoms with Crippen LogP contribution in [0.3, 0.4) is 0 Å². The SMILES string of the molecule is [2H]c1c(-c2ccc3c(c2)c2cccc(-c4ccccc4)c2n3-c2ccccc2)c([2H])c2c3ccccc3n(-c3ccc(-c4ccccc4)cc3)c2c1[2H]. The summed E-state index contributed by atoms with van der Waals surface area (Å²) in [7, 11) is 0. The molecule has 0 saturated carbocycles. The smallest absolute Gasteiger partial charge is 0.0645 e. The van der Waals surface area contributed by atoms with E-state index in [-0.39, 0.29) is 18.1 Å². The van der Waals surface area contributed by atoms with Crippen molar-refractivity contribution >= 4 is 43.6 Å². The maximum Gasteiger partial charge on any atom is 0.0645 e. The summed E-state index contributed by atoms with van der Waals surface area (Å²) in [5.41, 5.74) is 11.3. The number of rotatable bonds is 5. The number of hydrogen-bond donors (Lipinski definition) is 0. The fourth-order valence-electron chi connectivity index (χ4n) is 7.53. The first-order valence-corrected chi connectivity index (χ1v) is 17.0. The van der Waals surface area contributed by atoms with Gasteiger partial charge in [0.1, 0.15) is 0 Å². The highest BCUT2D eigenvalue weighted by atomic mass is 15.0. The van der Waals surface area contributed by atoms with E-state index in [1.165, 1.54) is 0 Å². The molecule has 0 radical (unpaired) electrons. The zero-order chi connectivity index (χ0) is 35.6. The minimum absolute atomic E-state index is 0.0450. The van der Waals surface area contributed by atoms with E-state index in [0.29, 0.717) is 16.5 Å². The fourth-order valence-corrected chi connectivity index (χ4v) is 7.53. The van der Waals surface area contributed by atoms with Gasteiger partial charge < -0.3 is 9.13 Å². The van der Waals surface area contributed by atoms with Crippen LogP contribution in [0.15, 0.2) is 194 Å². The first-order chi connectivity index (χ1) is 26.1. The Morgan fingerprint density at radius 3 is 1.72 bits per heavy atom. The molecule has 234 valence electrons. The molecular formula is C48H32N2. The van der Waals surface area contributed by atoms with Gasteiger partial charge in [0.2, 0.25) is 0 Å². The molecule has 8 aromatic carbocycles. The molecular weight excluding hydrogens is 605 g/mol. The molecule has 50 heavy (non-hydrogen) atoms. The largest absolute Gasteiger partial charge is 0.309 e. The molecule has 10 rings (SSSR count). The van der Waals surface area contributed by atoms with Gasteiger partial charge in [-0.15, -0.1) is 0 Å². The maximum absolute atomic E-state index is 9.75. The van der Waals surface area contributed by atoms with Gasteiger partial charge in [-0.25, -0.2) is 0 Å². The van der Waals surface area contributed by atoms with E-state index in [1.807, 2.05) is 65.2 Å². The summed E-state index contributed by atoms with van der Waals surface area (Å²) in [5, 5.41) is 3.70. The van der Waals surface area contributed by atoms with Crippen molar-refractivity contribution in [2.75, 3.05) is 0 Å². The summed E-state index contributed by atoms with van der Waals surface area (Å²) in [6.07, 6.45) is 0. The van der Waals surface area contributed by atoms with E-state index in [0.717, 1.165) is 71.9 Å². The van der Waals surface area contributed by atoms with Crippen LogP contribution < -0.4 is 0 Å². The van der Waals surface area contributed by atoms with Crippen molar-refractivity contribution < 1.29 is 4.11 Å². The Labute approximate surface area is 294 Å². The summed E-state index contributed by atoms with van der Waals surface area (Å²) in [4.78, 5) is 0. The van der Waals surface area contributed by atoms with Gasteiger partial charge in [-0.3, -0.25) is 0 Å².